The molecule has 1 saturated heterocycles. The Morgan fingerprint density at radius 2 is 1.88 bits per heavy atom. The Labute approximate surface area is 163 Å². The summed E-state index contributed by atoms with van der Waals surface area (Å²) >= 11 is 13.5. The topological polar surface area (TPSA) is 54.5 Å². The number of benzene rings is 1. The first-order valence-corrected chi connectivity index (χ1v) is 12.0. The molecular weight excluding hydrogens is 401 g/mol. The molecule has 2 aliphatic rings. The molecule has 8 heteroatoms. The maximum atomic E-state index is 12.9. The van der Waals surface area contributed by atoms with Crippen LogP contribution in [0.5, 0.6) is 0 Å². The van der Waals surface area contributed by atoms with Crippen molar-refractivity contribution >= 4 is 50.7 Å². The molecule has 4 nitrogen and oxygen atoms in total. The molecule has 25 heavy (non-hydrogen) atoms. The number of nitrogens with zero attached hydrogens (tertiary/aromatic N) is 1. The molecule has 0 N–H and O–H groups in total. The predicted octanol–water partition coefficient (Wildman–Crippen LogP) is 4.04. The Kier molecular flexibility index (Phi) is 6.24. The van der Waals surface area contributed by atoms with E-state index in [1.165, 1.54) is 11.8 Å². The van der Waals surface area contributed by atoms with Gasteiger partial charge in [-0.25, -0.2) is 8.42 Å². The van der Waals surface area contributed by atoms with Gasteiger partial charge in [0.2, 0.25) is 5.91 Å². The zero-order valence-corrected chi connectivity index (χ0v) is 16.9. The van der Waals surface area contributed by atoms with E-state index in [1.807, 2.05) is 4.90 Å². The van der Waals surface area contributed by atoms with Crippen LogP contribution in [0.3, 0.4) is 0 Å². The third-order valence-corrected chi connectivity index (χ3v) is 8.32. The molecule has 1 saturated carbocycles. The fraction of sp³-hybridized carbons (Fsp3) is 0.588. The van der Waals surface area contributed by atoms with Crippen LogP contribution < -0.4 is 0 Å². The van der Waals surface area contributed by atoms with Crippen LogP contribution in [-0.2, 0) is 14.6 Å². The summed E-state index contributed by atoms with van der Waals surface area (Å²) in [7, 11) is -3.02. The number of carbonyl (C=O) groups excluding carboxylic acids is 1. The monoisotopic (exact) mass is 421 g/mol. The lowest BCUT2D eigenvalue weighted by atomic mass is 10.1. The highest BCUT2D eigenvalue weighted by Gasteiger charge is 2.38. The molecule has 1 heterocycles. The van der Waals surface area contributed by atoms with Crippen LogP contribution in [0.4, 0.5) is 0 Å². The number of amides is 1. The lowest BCUT2D eigenvalue weighted by molar-refractivity contribution is -0.132. The van der Waals surface area contributed by atoms with E-state index in [0.717, 1.165) is 30.6 Å². The van der Waals surface area contributed by atoms with Crippen LogP contribution in [0.2, 0.25) is 10.0 Å². The van der Waals surface area contributed by atoms with E-state index in [-0.39, 0.29) is 35.2 Å². The van der Waals surface area contributed by atoms with E-state index in [9.17, 15) is 13.2 Å². The van der Waals surface area contributed by atoms with Crippen LogP contribution in [0.15, 0.2) is 23.1 Å². The standard InChI is InChI=1S/C17H21Cl2NO3S2/c18-12-5-6-15(19)16(9-12)24-10-17(21)20(13-3-1-2-4-13)14-7-8-25(22,23)11-14/h5-6,9,13-14H,1-4,7-8,10-11H2. The average molecular weight is 422 g/mol. The van der Waals surface area contributed by atoms with Gasteiger partial charge in [-0.05, 0) is 37.5 Å². The van der Waals surface area contributed by atoms with Gasteiger partial charge in [0.05, 0.1) is 22.3 Å². The van der Waals surface area contributed by atoms with Crippen molar-refractivity contribution in [2.45, 2.75) is 49.1 Å². The molecule has 3 rings (SSSR count). The van der Waals surface area contributed by atoms with Gasteiger partial charge in [0.1, 0.15) is 0 Å². The minimum Gasteiger partial charge on any atom is -0.335 e. The van der Waals surface area contributed by atoms with E-state index < -0.39 is 9.84 Å². The summed E-state index contributed by atoms with van der Waals surface area (Å²) in [6.07, 6.45) is 4.67. The molecule has 1 aliphatic carbocycles. The molecule has 0 spiro atoms. The van der Waals surface area contributed by atoms with Crippen LogP contribution in [-0.4, -0.2) is 48.6 Å². The smallest absolute Gasteiger partial charge is 0.233 e. The van der Waals surface area contributed by atoms with Gasteiger partial charge in [-0.2, -0.15) is 0 Å². The molecule has 0 radical (unpaired) electrons. The Morgan fingerprint density at radius 3 is 2.52 bits per heavy atom. The second-order valence-electron chi connectivity index (χ2n) is 6.66. The fourth-order valence-corrected chi connectivity index (χ4v) is 6.76. The highest BCUT2D eigenvalue weighted by molar-refractivity contribution is 8.00. The lowest BCUT2D eigenvalue weighted by Crippen LogP contribution is -2.47. The second kappa shape index (κ2) is 8.07. The van der Waals surface area contributed by atoms with E-state index >= 15 is 0 Å². The molecule has 0 aromatic heterocycles. The van der Waals surface area contributed by atoms with Gasteiger partial charge in [0, 0.05) is 22.0 Å². The van der Waals surface area contributed by atoms with Gasteiger partial charge in [-0.3, -0.25) is 4.79 Å². The summed E-state index contributed by atoms with van der Waals surface area (Å²) in [4.78, 5) is 15.6. The van der Waals surface area contributed by atoms with Crippen molar-refractivity contribution in [2.24, 2.45) is 0 Å². The molecule has 138 valence electrons. The highest BCUT2D eigenvalue weighted by atomic mass is 35.5. The third-order valence-electron chi connectivity index (χ3n) is 4.85. The second-order valence-corrected chi connectivity index (χ2v) is 10.7. The Morgan fingerprint density at radius 1 is 1.16 bits per heavy atom. The highest BCUT2D eigenvalue weighted by Crippen LogP contribution is 2.33. The first kappa shape index (κ1) is 19.3. The summed E-state index contributed by atoms with van der Waals surface area (Å²) in [6.45, 7) is 0. The fourth-order valence-electron chi connectivity index (χ4n) is 3.68. The van der Waals surface area contributed by atoms with Crippen molar-refractivity contribution in [3.63, 3.8) is 0 Å². The van der Waals surface area contributed by atoms with Crippen molar-refractivity contribution < 1.29 is 13.2 Å². The Bertz CT molecular complexity index is 748. The summed E-state index contributed by atoms with van der Waals surface area (Å²) in [5.41, 5.74) is 0. The minimum atomic E-state index is -3.02. The van der Waals surface area contributed by atoms with Gasteiger partial charge >= 0.3 is 0 Å². The third kappa shape index (κ3) is 4.85. The van der Waals surface area contributed by atoms with Crippen LogP contribution in [0, 0.1) is 0 Å². The molecule has 1 aliphatic heterocycles. The minimum absolute atomic E-state index is 0.00459. The summed E-state index contributed by atoms with van der Waals surface area (Å²) in [6, 6.07) is 5.16. The van der Waals surface area contributed by atoms with E-state index in [2.05, 4.69) is 0 Å². The summed E-state index contributed by atoms with van der Waals surface area (Å²) in [5, 5.41) is 1.15. The van der Waals surface area contributed by atoms with Gasteiger partial charge in [0.25, 0.3) is 0 Å². The van der Waals surface area contributed by atoms with E-state index in [1.54, 1.807) is 18.2 Å². The number of carbonyl (C=O) groups is 1. The van der Waals surface area contributed by atoms with Crippen molar-refractivity contribution in [1.29, 1.82) is 0 Å². The zero-order chi connectivity index (χ0) is 18.0. The number of hydrogen-bond acceptors (Lipinski definition) is 4. The summed E-state index contributed by atoms with van der Waals surface area (Å²) < 4.78 is 23.7. The first-order valence-electron chi connectivity index (χ1n) is 8.45. The molecule has 1 amide bonds. The summed E-state index contributed by atoms with van der Waals surface area (Å²) in [5.74, 6) is 0.516. The molecule has 1 aromatic carbocycles. The van der Waals surface area contributed by atoms with E-state index in [0.29, 0.717) is 16.5 Å². The normalized spacial score (nSPS) is 23.0. The maximum Gasteiger partial charge on any atom is 0.233 e. The van der Waals surface area contributed by atoms with Crippen LogP contribution >= 0.6 is 35.0 Å². The maximum absolute atomic E-state index is 12.9. The molecular formula is C17H21Cl2NO3S2. The van der Waals surface area contributed by atoms with Crippen molar-refractivity contribution in [1.82, 2.24) is 4.90 Å². The van der Waals surface area contributed by atoms with Gasteiger partial charge in [-0.15, -0.1) is 11.8 Å². The quantitative estimate of drug-likeness (QED) is 0.672. The van der Waals surface area contributed by atoms with Crippen molar-refractivity contribution in [3.05, 3.63) is 28.2 Å². The largest absolute Gasteiger partial charge is 0.335 e. The molecule has 1 atom stereocenters. The van der Waals surface area contributed by atoms with Gasteiger partial charge in [-0.1, -0.05) is 36.0 Å². The van der Waals surface area contributed by atoms with Crippen molar-refractivity contribution in [2.75, 3.05) is 17.3 Å². The Balaban J connectivity index is 1.72. The number of sulfone groups is 1. The number of hydrogen-bond donors (Lipinski definition) is 0. The number of halogens is 2. The molecule has 1 aromatic rings. The van der Waals surface area contributed by atoms with Crippen LogP contribution in [0.25, 0.3) is 0 Å². The van der Waals surface area contributed by atoms with E-state index in [4.69, 9.17) is 23.2 Å². The first-order chi connectivity index (χ1) is 11.9. The zero-order valence-electron chi connectivity index (χ0n) is 13.8. The number of thioether (sulfide) groups is 1. The van der Waals surface area contributed by atoms with Crippen LogP contribution in [0.1, 0.15) is 32.1 Å². The SMILES string of the molecule is O=C(CSc1cc(Cl)ccc1Cl)N(C1CCCC1)C1CCS(=O)(=O)C1. The lowest BCUT2D eigenvalue weighted by Gasteiger charge is -2.34. The average Bonchev–Trinajstić information content (AvgIpc) is 3.19. The van der Waals surface area contributed by atoms with Gasteiger partial charge in [0.15, 0.2) is 9.84 Å². The molecule has 1 unspecified atom stereocenters. The van der Waals surface area contributed by atoms with Crippen molar-refractivity contribution in [3.8, 4) is 0 Å². The Hall–Kier alpha value is -0.430. The molecule has 0 bridgehead atoms. The predicted molar refractivity (Wildman–Crippen MR) is 103 cm³/mol. The van der Waals surface area contributed by atoms with Gasteiger partial charge < -0.3 is 4.90 Å². The molecule has 2 fully saturated rings. The number of rotatable bonds is 5.